The first-order valence-corrected chi connectivity index (χ1v) is 9.17. The molecule has 0 aromatic carbocycles. The van der Waals surface area contributed by atoms with Crippen LogP contribution in [0.5, 0.6) is 0 Å². The molecular formula is C14H22ClNO4S. The van der Waals surface area contributed by atoms with Crippen molar-refractivity contribution in [1.82, 2.24) is 4.57 Å². The SMILES string of the molecule is CCCn1cc(S(=O)(=O)Cl)cc1C(=O)OCCC(C)(C)C. The van der Waals surface area contributed by atoms with Crippen molar-refractivity contribution in [3.63, 3.8) is 0 Å². The molecular weight excluding hydrogens is 314 g/mol. The number of carbonyl (C=O) groups is 1. The van der Waals surface area contributed by atoms with Crippen molar-refractivity contribution in [2.45, 2.75) is 52.0 Å². The van der Waals surface area contributed by atoms with E-state index in [1.54, 1.807) is 4.57 Å². The second-order valence-corrected chi connectivity index (χ2v) is 8.70. The zero-order valence-electron chi connectivity index (χ0n) is 12.8. The average Bonchev–Trinajstić information content (AvgIpc) is 2.71. The van der Waals surface area contributed by atoms with Crippen molar-refractivity contribution >= 4 is 25.7 Å². The normalized spacial score (nSPS) is 12.4. The predicted molar refractivity (Wildman–Crippen MR) is 82.1 cm³/mol. The minimum Gasteiger partial charge on any atom is -0.461 e. The van der Waals surface area contributed by atoms with Crippen LogP contribution in [0.1, 0.15) is 51.0 Å². The molecule has 0 unspecified atom stereocenters. The molecule has 0 amide bonds. The maximum Gasteiger partial charge on any atom is 0.354 e. The van der Waals surface area contributed by atoms with E-state index in [9.17, 15) is 13.2 Å². The third kappa shape index (κ3) is 5.71. The van der Waals surface area contributed by atoms with E-state index < -0.39 is 15.0 Å². The van der Waals surface area contributed by atoms with Gasteiger partial charge in [0, 0.05) is 23.4 Å². The molecule has 5 nitrogen and oxygen atoms in total. The van der Waals surface area contributed by atoms with Gasteiger partial charge < -0.3 is 9.30 Å². The van der Waals surface area contributed by atoms with Crippen molar-refractivity contribution in [3.05, 3.63) is 18.0 Å². The Bertz CT molecular complexity index is 599. The molecule has 0 aliphatic rings. The first-order chi connectivity index (χ1) is 9.54. The molecule has 0 saturated heterocycles. The molecule has 0 fully saturated rings. The monoisotopic (exact) mass is 335 g/mol. The minimum absolute atomic E-state index is 0.0658. The number of hydrogen-bond acceptors (Lipinski definition) is 4. The summed E-state index contributed by atoms with van der Waals surface area (Å²) in [6.45, 7) is 8.92. The van der Waals surface area contributed by atoms with Gasteiger partial charge >= 0.3 is 5.97 Å². The Morgan fingerprint density at radius 2 is 2.00 bits per heavy atom. The second kappa shape index (κ2) is 6.83. The topological polar surface area (TPSA) is 65.4 Å². The second-order valence-electron chi connectivity index (χ2n) is 6.14. The highest BCUT2D eigenvalue weighted by Gasteiger charge is 2.21. The van der Waals surface area contributed by atoms with Crippen molar-refractivity contribution in [2.75, 3.05) is 6.61 Å². The number of esters is 1. The van der Waals surface area contributed by atoms with Gasteiger partial charge in [0.15, 0.2) is 0 Å². The molecule has 1 aromatic rings. The molecule has 21 heavy (non-hydrogen) atoms. The molecule has 7 heteroatoms. The summed E-state index contributed by atoms with van der Waals surface area (Å²) in [4.78, 5) is 12.0. The van der Waals surface area contributed by atoms with E-state index in [2.05, 4.69) is 20.8 Å². The maximum absolute atomic E-state index is 12.1. The van der Waals surface area contributed by atoms with Crippen molar-refractivity contribution in [1.29, 1.82) is 0 Å². The van der Waals surface area contributed by atoms with Gasteiger partial charge in [-0.3, -0.25) is 0 Å². The van der Waals surface area contributed by atoms with E-state index in [1.165, 1.54) is 12.3 Å². The first kappa shape index (κ1) is 18.0. The molecule has 0 N–H and O–H groups in total. The molecule has 0 spiro atoms. The number of carbonyl (C=O) groups excluding carboxylic acids is 1. The minimum atomic E-state index is -3.86. The Balaban J connectivity index is 2.89. The van der Waals surface area contributed by atoms with Gasteiger partial charge in [0.1, 0.15) is 10.6 Å². The van der Waals surface area contributed by atoms with E-state index in [0.717, 1.165) is 12.8 Å². The van der Waals surface area contributed by atoms with Gasteiger partial charge in [0.2, 0.25) is 0 Å². The first-order valence-electron chi connectivity index (χ1n) is 6.86. The maximum atomic E-state index is 12.1. The fraction of sp³-hybridized carbons (Fsp3) is 0.643. The summed E-state index contributed by atoms with van der Waals surface area (Å²) in [6, 6.07) is 1.26. The summed E-state index contributed by atoms with van der Waals surface area (Å²) in [5.74, 6) is -0.528. The van der Waals surface area contributed by atoms with Crippen LogP contribution in [0.2, 0.25) is 0 Å². The smallest absolute Gasteiger partial charge is 0.354 e. The van der Waals surface area contributed by atoms with E-state index in [-0.39, 0.29) is 16.0 Å². The van der Waals surface area contributed by atoms with Gasteiger partial charge in [0.05, 0.1) is 6.61 Å². The number of aryl methyl sites for hydroxylation is 1. The quantitative estimate of drug-likeness (QED) is 0.590. The Kier molecular flexibility index (Phi) is 5.87. The Hall–Kier alpha value is -1.01. The van der Waals surface area contributed by atoms with Gasteiger partial charge in [-0.2, -0.15) is 0 Å². The van der Waals surface area contributed by atoms with Crippen LogP contribution < -0.4 is 0 Å². The molecule has 0 aliphatic heterocycles. The van der Waals surface area contributed by atoms with Crippen LogP contribution in [0.3, 0.4) is 0 Å². The van der Waals surface area contributed by atoms with E-state index in [4.69, 9.17) is 15.4 Å². The predicted octanol–water partition coefficient (Wildman–Crippen LogP) is 3.42. The highest BCUT2D eigenvalue weighted by atomic mass is 35.7. The largest absolute Gasteiger partial charge is 0.461 e. The molecule has 1 heterocycles. The molecule has 0 atom stereocenters. The molecule has 0 radical (unpaired) electrons. The number of nitrogens with zero attached hydrogens (tertiary/aromatic N) is 1. The Morgan fingerprint density at radius 3 is 2.48 bits per heavy atom. The third-order valence-electron chi connectivity index (χ3n) is 2.91. The average molecular weight is 336 g/mol. The van der Waals surface area contributed by atoms with Gasteiger partial charge in [-0.1, -0.05) is 27.7 Å². The molecule has 0 bridgehead atoms. The third-order valence-corrected chi connectivity index (χ3v) is 4.23. The lowest BCUT2D eigenvalue weighted by molar-refractivity contribution is 0.0452. The number of hydrogen-bond donors (Lipinski definition) is 0. The zero-order valence-corrected chi connectivity index (χ0v) is 14.4. The van der Waals surface area contributed by atoms with Crippen LogP contribution in [-0.4, -0.2) is 25.6 Å². The standard InChI is InChI=1S/C14H22ClNO4S/c1-5-7-16-10-11(21(15,18)19)9-12(16)13(17)20-8-6-14(2,3)4/h9-10H,5-8H2,1-4H3. The molecule has 1 aromatic heterocycles. The Labute approximate surface area is 130 Å². The molecule has 0 saturated carbocycles. The van der Waals surface area contributed by atoms with Crippen molar-refractivity contribution < 1.29 is 17.9 Å². The van der Waals surface area contributed by atoms with Crippen LogP contribution in [-0.2, 0) is 20.3 Å². The lowest BCUT2D eigenvalue weighted by atomic mass is 9.93. The van der Waals surface area contributed by atoms with Crippen LogP contribution in [0.25, 0.3) is 0 Å². The van der Waals surface area contributed by atoms with Gasteiger partial charge in [-0.25, -0.2) is 13.2 Å². The molecule has 120 valence electrons. The summed E-state index contributed by atoms with van der Waals surface area (Å²) < 4.78 is 29.5. The van der Waals surface area contributed by atoms with Crippen LogP contribution in [0.15, 0.2) is 17.2 Å². The lowest BCUT2D eigenvalue weighted by Gasteiger charge is -2.17. The van der Waals surface area contributed by atoms with E-state index in [1.807, 2.05) is 6.92 Å². The van der Waals surface area contributed by atoms with Crippen molar-refractivity contribution in [3.8, 4) is 0 Å². The summed E-state index contributed by atoms with van der Waals surface area (Å²) in [5.41, 5.74) is 0.279. The van der Waals surface area contributed by atoms with Gasteiger partial charge in [-0.15, -0.1) is 0 Å². The number of aromatic nitrogens is 1. The summed E-state index contributed by atoms with van der Waals surface area (Å²) in [5, 5.41) is 0. The number of halogens is 1. The van der Waals surface area contributed by atoms with Crippen LogP contribution in [0, 0.1) is 5.41 Å². The summed E-state index contributed by atoms with van der Waals surface area (Å²) >= 11 is 0. The van der Waals surface area contributed by atoms with Gasteiger partial charge in [0.25, 0.3) is 9.05 Å². The highest BCUT2D eigenvalue weighted by Crippen LogP contribution is 2.21. The molecule has 0 aliphatic carbocycles. The zero-order chi connectivity index (χ0) is 16.3. The summed E-state index contributed by atoms with van der Waals surface area (Å²) in [7, 11) is 1.46. The Morgan fingerprint density at radius 1 is 1.38 bits per heavy atom. The summed E-state index contributed by atoms with van der Waals surface area (Å²) in [6.07, 6.45) is 2.86. The van der Waals surface area contributed by atoms with E-state index in [0.29, 0.717) is 13.2 Å². The van der Waals surface area contributed by atoms with Crippen LogP contribution >= 0.6 is 10.7 Å². The number of rotatable bonds is 6. The van der Waals surface area contributed by atoms with E-state index >= 15 is 0 Å². The fourth-order valence-corrected chi connectivity index (χ4v) is 2.50. The number of ether oxygens (including phenoxy) is 1. The van der Waals surface area contributed by atoms with Crippen molar-refractivity contribution in [2.24, 2.45) is 5.41 Å². The van der Waals surface area contributed by atoms with Crippen LogP contribution in [0.4, 0.5) is 0 Å². The van der Waals surface area contributed by atoms with Gasteiger partial charge in [-0.05, 0) is 24.3 Å². The molecule has 1 rings (SSSR count). The lowest BCUT2D eigenvalue weighted by Crippen LogP contribution is -2.16. The highest BCUT2D eigenvalue weighted by molar-refractivity contribution is 8.13. The fourth-order valence-electron chi connectivity index (χ4n) is 1.74.